The van der Waals surface area contributed by atoms with Crippen LogP contribution in [0.2, 0.25) is 0 Å². The van der Waals surface area contributed by atoms with Crippen LogP contribution in [0.25, 0.3) is 27.7 Å². The molecule has 0 radical (unpaired) electrons. The van der Waals surface area contributed by atoms with Gasteiger partial charge in [-0.1, -0.05) is 35.9 Å². The Bertz CT molecular complexity index is 898. The van der Waals surface area contributed by atoms with Crippen molar-refractivity contribution in [3.05, 3.63) is 72.7 Å². The van der Waals surface area contributed by atoms with Crippen LogP contribution < -0.4 is 0 Å². The number of para-hydroxylation sites is 1. The summed E-state index contributed by atoms with van der Waals surface area (Å²) in [6, 6.07) is 16.7. The number of nitrogens with zero attached hydrogens (tertiary/aromatic N) is 2. The first kappa shape index (κ1) is 12.0. The molecule has 102 valence electrons. The highest BCUT2D eigenvalue weighted by Crippen LogP contribution is 2.28. The lowest BCUT2D eigenvalue weighted by molar-refractivity contribution is 0.880. The highest BCUT2D eigenvalue weighted by molar-refractivity contribution is 5.95. The van der Waals surface area contributed by atoms with E-state index in [1.807, 2.05) is 23.1 Å². The standard InChI is InChI=1S/C18H15N3/c1-13-6-8-15(9-7-13)21-12-14(10-20-21)17-11-19-18-5-3-2-4-16(17)18/h2-12,19H,1H3. The molecule has 0 unspecified atom stereocenters. The lowest BCUT2D eigenvalue weighted by atomic mass is 10.1. The van der Waals surface area contributed by atoms with Crippen LogP contribution in [0.3, 0.4) is 0 Å². The maximum absolute atomic E-state index is 4.48. The summed E-state index contributed by atoms with van der Waals surface area (Å²) in [4.78, 5) is 3.31. The monoisotopic (exact) mass is 273 g/mol. The zero-order chi connectivity index (χ0) is 14.2. The summed E-state index contributed by atoms with van der Waals surface area (Å²) < 4.78 is 1.91. The summed E-state index contributed by atoms with van der Waals surface area (Å²) in [5.74, 6) is 0. The Morgan fingerprint density at radius 2 is 1.81 bits per heavy atom. The zero-order valence-corrected chi connectivity index (χ0v) is 11.7. The second-order valence-corrected chi connectivity index (χ2v) is 5.26. The Balaban J connectivity index is 1.79. The van der Waals surface area contributed by atoms with E-state index in [1.54, 1.807) is 0 Å². The Kier molecular flexibility index (Phi) is 2.64. The molecule has 4 rings (SSSR count). The van der Waals surface area contributed by atoms with E-state index >= 15 is 0 Å². The van der Waals surface area contributed by atoms with Gasteiger partial charge in [-0.3, -0.25) is 0 Å². The summed E-state index contributed by atoms with van der Waals surface area (Å²) >= 11 is 0. The minimum atomic E-state index is 1.08. The highest BCUT2D eigenvalue weighted by Gasteiger charge is 2.08. The molecule has 0 spiro atoms. The molecule has 1 N–H and O–H groups in total. The van der Waals surface area contributed by atoms with E-state index in [4.69, 9.17) is 0 Å². The Labute approximate surface area is 122 Å². The molecule has 2 heterocycles. The summed E-state index contributed by atoms with van der Waals surface area (Å²) in [7, 11) is 0. The maximum atomic E-state index is 4.48. The number of aromatic amines is 1. The average molecular weight is 273 g/mol. The van der Waals surface area contributed by atoms with Gasteiger partial charge in [-0.2, -0.15) is 5.10 Å². The lowest BCUT2D eigenvalue weighted by Gasteiger charge is -2.01. The average Bonchev–Trinajstić information content (AvgIpc) is 3.14. The molecular weight excluding hydrogens is 258 g/mol. The van der Waals surface area contributed by atoms with Crippen LogP contribution in [-0.2, 0) is 0 Å². The first-order chi connectivity index (χ1) is 10.3. The van der Waals surface area contributed by atoms with Crippen molar-refractivity contribution in [2.45, 2.75) is 6.92 Å². The molecule has 0 aliphatic heterocycles. The van der Waals surface area contributed by atoms with Crippen molar-refractivity contribution in [1.29, 1.82) is 0 Å². The van der Waals surface area contributed by atoms with Gasteiger partial charge >= 0.3 is 0 Å². The quantitative estimate of drug-likeness (QED) is 0.579. The van der Waals surface area contributed by atoms with Crippen molar-refractivity contribution in [2.75, 3.05) is 0 Å². The number of H-pyrrole nitrogens is 1. The maximum Gasteiger partial charge on any atom is 0.0645 e. The molecule has 2 aromatic carbocycles. The first-order valence-corrected chi connectivity index (χ1v) is 6.99. The van der Waals surface area contributed by atoms with Crippen molar-refractivity contribution >= 4 is 10.9 Å². The second kappa shape index (κ2) is 4.63. The molecule has 4 aromatic rings. The van der Waals surface area contributed by atoms with Crippen LogP contribution in [0.15, 0.2) is 67.1 Å². The molecule has 3 heteroatoms. The Morgan fingerprint density at radius 3 is 2.67 bits per heavy atom. The molecule has 2 aromatic heterocycles. The van der Waals surface area contributed by atoms with Gasteiger partial charge in [0.15, 0.2) is 0 Å². The van der Waals surface area contributed by atoms with E-state index in [1.165, 1.54) is 16.5 Å². The molecule has 0 aliphatic carbocycles. The third-order valence-electron chi connectivity index (χ3n) is 3.78. The largest absolute Gasteiger partial charge is 0.361 e. The molecule has 0 amide bonds. The van der Waals surface area contributed by atoms with Crippen LogP contribution in [0.1, 0.15) is 5.56 Å². The fourth-order valence-corrected chi connectivity index (χ4v) is 2.61. The van der Waals surface area contributed by atoms with Gasteiger partial charge in [0, 0.05) is 34.4 Å². The minimum Gasteiger partial charge on any atom is -0.361 e. The van der Waals surface area contributed by atoms with E-state index in [9.17, 15) is 0 Å². The fourth-order valence-electron chi connectivity index (χ4n) is 2.61. The molecular formula is C18H15N3. The first-order valence-electron chi connectivity index (χ1n) is 6.99. The molecule has 0 saturated carbocycles. The van der Waals surface area contributed by atoms with Gasteiger partial charge in [0.1, 0.15) is 0 Å². The molecule has 0 atom stereocenters. The van der Waals surface area contributed by atoms with Crippen LogP contribution in [-0.4, -0.2) is 14.8 Å². The van der Waals surface area contributed by atoms with Crippen molar-refractivity contribution < 1.29 is 0 Å². The molecule has 0 bridgehead atoms. The van der Waals surface area contributed by atoms with Gasteiger partial charge < -0.3 is 4.98 Å². The number of aromatic nitrogens is 3. The van der Waals surface area contributed by atoms with Gasteiger partial charge in [0.05, 0.1) is 11.9 Å². The smallest absolute Gasteiger partial charge is 0.0645 e. The Morgan fingerprint density at radius 1 is 1.00 bits per heavy atom. The Hall–Kier alpha value is -2.81. The normalized spacial score (nSPS) is 11.1. The minimum absolute atomic E-state index is 1.08. The van der Waals surface area contributed by atoms with Crippen LogP contribution in [0.4, 0.5) is 0 Å². The third kappa shape index (κ3) is 2.03. The SMILES string of the molecule is Cc1ccc(-n2cc(-c3c[nH]c4ccccc34)cn2)cc1. The van der Waals surface area contributed by atoms with Gasteiger partial charge in [0.25, 0.3) is 0 Å². The van der Waals surface area contributed by atoms with E-state index in [0.29, 0.717) is 0 Å². The molecule has 0 aliphatic rings. The third-order valence-corrected chi connectivity index (χ3v) is 3.78. The lowest BCUT2D eigenvalue weighted by Crippen LogP contribution is -1.93. The number of benzene rings is 2. The van der Waals surface area contributed by atoms with E-state index in [0.717, 1.165) is 16.8 Å². The van der Waals surface area contributed by atoms with Crippen molar-refractivity contribution in [3.63, 3.8) is 0 Å². The summed E-state index contributed by atoms with van der Waals surface area (Å²) in [6.07, 6.45) is 6.02. The van der Waals surface area contributed by atoms with Gasteiger partial charge in [0.2, 0.25) is 0 Å². The topological polar surface area (TPSA) is 33.6 Å². The van der Waals surface area contributed by atoms with E-state index < -0.39 is 0 Å². The van der Waals surface area contributed by atoms with E-state index in [-0.39, 0.29) is 0 Å². The number of aryl methyl sites for hydroxylation is 1. The van der Waals surface area contributed by atoms with Crippen molar-refractivity contribution in [2.24, 2.45) is 0 Å². The van der Waals surface area contributed by atoms with Gasteiger partial charge in [-0.25, -0.2) is 4.68 Å². The number of hydrogen-bond donors (Lipinski definition) is 1. The van der Waals surface area contributed by atoms with Crippen molar-refractivity contribution in [3.8, 4) is 16.8 Å². The van der Waals surface area contributed by atoms with E-state index in [2.05, 4.69) is 65.7 Å². The highest BCUT2D eigenvalue weighted by atomic mass is 15.3. The van der Waals surface area contributed by atoms with Gasteiger partial charge in [-0.05, 0) is 25.1 Å². The molecule has 3 nitrogen and oxygen atoms in total. The number of rotatable bonds is 2. The summed E-state index contributed by atoms with van der Waals surface area (Å²) in [5.41, 5.74) is 5.78. The summed E-state index contributed by atoms with van der Waals surface area (Å²) in [5, 5.41) is 5.70. The van der Waals surface area contributed by atoms with Crippen molar-refractivity contribution in [1.82, 2.24) is 14.8 Å². The van der Waals surface area contributed by atoms with Gasteiger partial charge in [-0.15, -0.1) is 0 Å². The fraction of sp³-hybridized carbons (Fsp3) is 0.0556. The predicted octanol–water partition coefficient (Wildman–Crippen LogP) is 4.33. The summed E-state index contributed by atoms with van der Waals surface area (Å²) in [6.45, 7) is 2.09. The van der Waals surface area contributed by atoms with Crippen LogP contribution in [0, 0.1) is 6.92 Å². The number of nitrogens with one attached hydrogen (secondary N) is 1. The molecule has 21 heavy (non-hydrogen) atoms. The van der Waals surface area contributed by atoms with Crippen LogP contribution >= 0.6 is 0 Å². The number of hydrogen-bond acceptors (Lipinski definition) is 1. The molecule has 0 fully saturated rings. The van der Waals surface area contributed by atoms with Crippen LogP contribution in [0.5, 0.6) is 0 Å². The zero-order valence-electron chi connectivity index (χ0n) is 11.7. The second-order valence-electron chi connectivity index (χ2n) is 5.26. The molecule has 0 saturated heterocycles. The predicted molar refractivity (Wildman–Crippen MR) is 85.6 cm³/mol. The number of fused-ring (bicyclic) bond motifs is 1.